The first kappa shape index (κ1) is 14.5. The van der Waals surface area contributed by atoms with E-state index in [1.807, 2.05) is 25.1 Å². The summed E-state index contributed by atoms with van der Waals surface area (Å²) in [4.78, 5) is 12.9. The van der Waals surface area contributed by atoms with E-state index in [-0.39, 0.29) is 5.91 Å². The third kappa shape index (κ3) is 4.04. The number of ether oxygens (including phenoxy) is 1. The van der Waals surface area contributed by atoms with Gasteiger partial charge >= 0.3 is 0 Å². The largest absolute Gasteiger partial charge is 0.493 e. The fourth-order valence-corrected chi connectivity index (χ4v) is 1.57. The standard InChI is InChI=1S/C14H21NO3/c1-10-9-12(11(2)16)5-6-13(10)18-8-7-14(17)15(3)4/h5-6,9,11,16H,7-8H2,1-4H3/t11-/m0/s1. The molecule has 0 radical (unpaired) electrons. The molecule has 0 aromatic heterocycles. The Kier molecular flexibility index (Phi) is 5.16. The fourth-order valence-electron chi connectivity index (χ4n) is 1.57. The van der Waals surface area contributed by atoms with Crippen molar-refractivity contribution >= 4 is 5.91 Å². The summed E-state index contributed by atoms with van der Waals surface area (Å²) in [7, 11) is 3.45. The van der Waals surface area contributed by atoms with Gasteiger partial charge in [-0.3, -0.25) is 4.79 Å². The van der Waals surface area contributed by atoms with Crippen LogP contribution in [0.1, 0.15) is 30.6 Å². The molecule has 0 aliphatic carbocycles. The summed E-state index contributed by atoms with van der Waals surface area (Å²) in [6, 6.07) is 5.56. The fraction of sp³-hybridized carbons (Fsp3) is 0.500. The highest BCUT2D eigenvalue weighted by Crippen LogP contribution is 2.22. The van der Waals surface area contributed by atoms with Gasteiger partial charge in [0.2, 0.25) is 5.91 Å². The molecule has 1 atom stereocenters. The van der Waals surface area contributed by atoms with Gasteiger partial charge in [-0.05, 0) is 37.1 Å². The third-order valence-electron chi connectivity index (χ3n) is 2.75. The Morgan fingerprint density at radius 1 is 1.44 bits per heavy atom. The van der Waals surface area contributed by atoms with Crippen molar-refractivity contribution in [2.45, 2.75) is 26.4 Å². The summed E-state index contributed by atoms with van der Waals surface area (Å²) in [5.74, 6) is 0.805. The minimum atomic E-state index is -0.479. The van der Waals surface area contributed by atoms with E-state index in [9.17, 15) is 9.90 Å². The van der Waals surface area contributed by atoms with Crippen LogP contribution in [-0.2, 0) is 4.79 Å². The second-order valence-electron chi connectivity index (χ2n) is 4.59. The minimum Gasteiger partial charge on any atom is -0.493 e. The Morgan fingerprint density at radius 2 is 2.11 bits per heavy atom. The molecule has 4 nitrogen and oxygen atoms in total. The quantitative estimate of drug-likeness (QED) is 0.869. The minimum absolute atomic E-state index is 0.0493. The Hall–Kier alpha value is -1.55. The maximum absolute atomic E-state index is 11.4. The normalized spacial score (nSPS) is 12.1. The van der Waals surface area contributed by atoms with Gasteiger partial charge in [0.1, 0.15) is 5.75 Å². The molecule has 0 aliphatic heterocycles. The molecule has 0 aliphatic rings. The summed E-state index contributed by atoms with van der Waals surface area (Å²) >= 11 is 0. The highest BCUT2D eigenvalue weighted by Gasteiger charge is 2.07. The molecule has 1 aromatic carbocycles. The van der Waals surface area contributed by atoms with E-state index in [4.69, 9.17) is 4.74 Å². The molecule has 1 rings (SSSR count). The van der Waals surface area contributed by atoms with E-state index in [2.05, 4.69) is 0 Å². The van der Waals surface area contributed by atoms with Crippen molar-refractivity contribution in [1.82, 2.24) is 4.90 Å². The zero-order valence-electron chi connectivity index (χ0n) is 11.4. The predicted octanol–water partition coefficient (Wildman–Crippen LogP) is 1.91. The van der Waals surface area contributed by atoms with E-state index in [1.54, 1.807) is 25.9 Å². The summed E-state index contributed by atoms with van der Waals surface area (Å²) in [6.45, 7) is 4.02. The third-order valence-corrected chi connectivity index (χ3v) is 2.75. The van der Waals surface area contributed by atoms with E-state index in [1.165, 1.54) is 0 Å². The number of carbonyl (C=O) groups is 1. The van der Waals surface area contributed by atoms with E-state index < -0.39 is 6.10 Å². The maximum Gasteiger partial charge on any atom is 0.225 e. The van der Waals surface area contributed by atoms with Gasteiger partial charge in [0, 0.05) is 14.1 Å². The number of aliphatic hydroxyl groups is 1. The molecule has 0 spiro atoms. The van der Waals surface area contributed by atoms with Crippen LogP contribution >= 0.6 is 0 Å². The number of aliphatic hydroxyl groups excluding tert-OH is 1. The van der Waals surface area contributed by atoms with Gasteiger partial charge in [0.15, 0.2) is 0 Å². The Morgan fingerprint density at radius 3 is 2.61 bits per heavy atom. The molecule has 0 fully saturated rings. The topological polar surface area (TPSA) is 49.8 Å². The van der Waals surface area contributed by atoms with Gasteiger partial charge in [-0.2, -0.15) is 0 Å². The van der Waals surface area contributed by atoms with Crippen LogP contribution in [0.25, 0.3) is 0 Å². The number of rotatable bonds is 5. The van der Waals surface area contributed by atoms with Crippen LogP contribution in [0.2, 0.25) is 0 Å². The van der Waals surface area contributed by atoms with E-state index in [0.717, 1.165) is 16.9 Å². The van der Waals surface area contributed by atoms with E-state index in [0.29, 0.717) is 13.0 Å². The highest BCUT2D eigenvalue weighted by molar-refractivity contribution is 5.75. The maximum atomic E-state index is 11.4. The summed E-state index contributed by atoms with van der Waals surface area (Å²) in [6.07, 6.45) is -0.113. The summed E-state index contributed by atoms with van der Waals surface area (Å²) in [5, 5.41) is 9.46. The lowest BCUT2D eigenvalue weighted by Crippen LogP contribution is -2.23. The zero-order valence-corrected chi connectivity index (χ0v) is 11.4. The average Bonchev–Trinajstić information content (AvgIpc) is 2.30. The van der Waals surface area contributed by atoms with Crippen LogP contribution in [0.4, 0.5) is 0 Å². The number of aryl methyl sites for hydroxylation is 1. The lowest BCUT2D eigenvalue weighted by molar-refractivity contribution is -0.129. The lowest BCUT2D eigenvalue weighted by atomic mass is 10.1. The van der Waals surface area contributed by atoms with E-state index >= 15 is 0 Å². The molecule has 0 saturated carbocycles. The average molecular weight is 251 g/mol. The smallest absolute Gasteiger partial charge is 0.225 e. The number of amides is 1. The SMILES string of the molecule is Cc1cc([C@H](C)O)ccc1OCCC(=O)N(C)C. The molecule has 0 bridgehead atoms. The van der Waals surface area contributed by atoms with Crippen LogP contribution in [0.5, 0.6) is 5.75 Å². The van der Waals surface area contributed by atoms with Crippen LogP contribution in [-0.4, -0.2) is 36.6 Å². The Bertz CT molecular complexity index is 414. The van der Waals surface area contributed by atoms with Gasteiger partial charge in [-0.25, -0.2) is 0 Å². The molecule has 0 saturated heterocycles. The van der Waals surface area contributed by atoms with Gasteiger partial charge in [0.05, 0.1) is 19.1 Å². The molecule has 18 heavy (non-hydrogen) atoms. The number of benzene rings is 1. The highest BCUT2D eigenvalue weighted by atomic mass is 16.5. The monoisotopic (exact) mass is 251 g/mol. The molecule has 1 amide bonds. The number of nitrogens with zero attached hydrogens (tertiary/aromatic N) is 1. The van der Waals surface area contributed by atoms with Crippen LogP contribution < -0.4 is 4.74 Å². The lowest BCUT2D eigenvalue weighted by Gasteiger charge is -2.13. The van der Waals surface area contributed by atoms with Gasteiger partial charge in [-0.1, -0.05) is 6.07 Å². The first-order valence-electron chi connectivity index (χ1n) is 6.03. The first-order valence-corrected chi connectivity index (χ1v) is 6.03. The van der Waals surface area contributed by atoms with Gasteiger partial charge in [-0.15, -0.1) is 0 Å². The molecule has 0 heterocycles. The van der Waals surface area contributed by atoms with Crippen molar-refractivity contribution < 1.29 is 14.6 Å². The number of hydrogen-bond acceptors (Lipinski definition) is 3. The molecule has 1 aromatic rings. The number of carbonyl (C=O) groups excluding carboxylic acids is 1. The zero-order chi connectivity index (χ0) is 13.7. The Balaban J connectivity index is 2.56. The van der Waals surface area contributed by atoms with Gasteiger partial charge < -0.3 is 14.7 Å². The molecule has 0 unspecified atom stereocenters. The summed E-state index contributed by atoms with van der Waals surface area (Å²) < 4.78 is 5.56. The number of hydrogen-bond donors (Lipinski definition) is 1. The van der Waals surface area contributed by atoms with Crippen molar-refractivity contribution in [3.63, 3.8) is 0 Å². The first-order chi connectivity index (χ1) is 8.41. The molecule has 1 N–H and O–H groups in total. The second-order valence-corrected chi connectivity index (χ2v) is 4.59. The van der Waals surface area contributed by atoms with Crippen LogP contribution in [0.15, 0.2) is 18.2 Å². The van der Waals surface area contributed by atoms with Crippen molar-refractivity contribution in [3.05, 3.63) is 29.3 Å². The molecule has 100 valence electrons. The Labute approximate surface area is 108 Å². The van der Waals surface area contributed by atoms with Crippen LogP contribution in [0.3, 0.4) is 0 Å². The summed E-state index contributed by atoms with van der Waals surface area (Å²) in [5.41, 5.74) is 1.83. The van der Waals surface area contributed by atoms with Crippen molar-refractivity contribution in [3.8, 4) is 5.75 Å². The van der Waals surface area contributed by atoms with Crippen molar-refractivity contribution in [2.75, 3.05) is 20.7 Å². The molecular formula is C14H21NO3. The van der Waals surface area contributed by atoms with Crippen LogP contribution in [0, 0.1) is 6.92 Å². The van der Waals surface area contributed by atoms with Gasteiger partial charge in [0.25, 0.3) is 0 Å². The van der Waals surface area contributed by atoms with Crippen molar-refractivity contribution in [2.24, 2.45) is 0 Å². The molecular weight excluding hydrogens is 230 g/mol. The predicted molar refractivity (Wildman–Crippen MR) is 70.6 cm³/mol. The van der Waals surface area contributed by atoms with Crippen molar-refractivity contribution in [1.29, 1.82) is 0 Å². The second kappa shape index (κ2) is 6.40. The molecule has 4 heteroatoms.